The molecule has 1 heterocycles. The number of nitrogens with zero attached hydrogens (tertiary/aromatic N) is 1. The lowest BCUT2D eigenvalue weighted by Gasteiger charge is -2.41. The van der Waals surface area contributed by atoms with Crippen LogP contribution in [-0.4, -0.2) is 35.8 Å². The fourth-order valence-corrected chi connectivity index (χ4v) is 4.70. The number of benzene rings is 3. The van der Waals surface area contributed by atoms with Crippen LogP contribution in [0.5, 0.6) is 0 Å². The molecule has 0 spiro atoms. The average molecular weight is 442 g/mol. The lowest BCUT2D eigenvalue weighted by molar-refractivity contribution is -0.141. The molecule has 1 aliphatic rings. The van der Waals surface area contributed by atoms with Gasteiger partial charge in [0.2, 0.25) is 0 Å². The standard InChI is InChI=1S/C25H25Cl2NO2/c1-25(29,23-17-28(14-15-30-23)16-18-8-3-2-4-9-18)20-11-6-5-10-19(20)24-21(26)12-7-13-22(24)27/h2-13,23,29H,14-17H2,1H3. The summed E-state index contributed by atoms with van der Waals surface area (Å²) in [6.45, 7) is 4.68. The van der Waals surface area contributed by atoms with Crippen LogP contribution in [0.15, 0.2) is 72.8 Å². The summed E-state index contributed by atoms with van der Waals surface area (Å²) in [4.78, 5) is 2.32. The van der Waals surface area contributed by atoms with Crippen molar-refractivity contribution in [3.05, 3.63) is 94.0 Å². The fraction of sp³-hybridized carbons (Fsp3) is 0.280. The molecule has 1 fully saturated rings. The fourth-order valence-electron chi connectivity index (χ4n) is 4.10. The van der Waals surface area contributed by atoms with Crippen LogP contribution >= 0.6 is 23.2 Å². The minimum atomic E-state index is -1.21. The Morgan fingerprint density at radius 3 is 2.37 bits per heavy atom. The summed E-state index contributed by atoms with van der Waals surface area (Å²) in [5.41, 5.74) is 2.34. The molecule has 3 aromatic rings. The summed E-state index contributed by atoms with van der Waals surface area (Å²) in [5.74, 6) is 0. The average Bonchev–Trinajstić information content (AvgIpc) is 2.75. The first-order valence-electron chi connectivity index (χ1n) is 10.1. The van der Waals surface area contributed by atoms with Gasteiger partial charge in [0.05, 0.1) is 6.61 Å². The molecule has 4 rings (SSSR count). The number of rotatable bonds is 5. The van der Waals surface area contributed by atoms with Gasteiger partial charge in [0.1, 0.15) is 11.7 Å². The maximum atomic E-state index is 11.7. The van der Waals surface area contributed by atoms with Crippen molar-refractivity contribution in [2.75, 3.05) is 19.7 Å². The van der Waals surface area contributed by atoms with Crippen LogP contribution in [0.25, 0.3) is 11.1 Å². The Kier molecular flexibility index (Phi) is 6.47. The number of morpholine rings is 1. The van der Waals surface area contributed by atoms with Crippen LogP contribution in [0.4, 0.5) is 0 Å². The predicted molar refractivity (Wildman–Crippen MR) is 123 cm³/mol. The Morgan fingerprint density at radius 1 is 0.967 bits per heavy atom. The van der Waals surface area contributed by atoms with Crippen LogP contribution in [-0.2, 0) is 16.9 Å². The third kappa shape index (κ3) is 4.41. The van der Waals surface area contributed by atoms with Crippen molar-refractivity contribution in [1.29, 1.82) is 0 Å². The van der Waals surface area contributed by atoms with Gasteiger partial charge in [0.25, 0.3) is 0 Å². The summed E-state index contributed by atoms with van der Waals surface area (Å²) in [6, 6.07) is 23.5. The Balaban J connectivity index is 1.64. The van der Waals surface area contributed by atoms with Crippen LogP contribution in [0, 0.1) is 0 Å². The van der Waals surface area contributed by atoms with Gasteiger partial charge in [-0.1, -0.05) is 83.9 Å². The van der Waals surface area contributed by atoms with E-state index in [1.807, 2.05) is 67.6 Å². The molecule has 0 amide bonds. The number of hydrogen-bond acceptors (Lipinski definition) is 3. The third-order valence-electron chi connectivity index (χ3n) is 5.73. The van der Waals surface area contributed by atoms with E-state index in [2.05, 4.69) is 17.0 Å². The molecule has 0 aromatic heterocycles. The molecule has 0 aliphatic carbocycles. The second-order valence-electron chi connectivity index (χ2n) is 7.87. The van der Waals surface area contributed by atoms with Gasteiger partial charge in [-0.15, -0.1) is 0 Å². The monoisotopic (exact) mass is 441 g/mol. The highest BCUT2D eigenvalue weighted by atomic mass is 35.5. The molecule has 3 nitrogen and oxygen atoms in total. The zero-order valence-corrected chi connectivity index (χ0v) is 18.4. The van der Waals surface area contributed by atoms with Crippen LogP contribution in [0.2, 0.25) is 10.0 Å². The zero-order chi connectivity index (χ0) is 21.1. The molecule has 0 bridgehead atoms. The maximum Gasteiger partial charge on any atom is 0.115 e. The second-order valence-corrected chi connectivity index (χ2v) is 8.68. The molecule has 1 saturated heterocycles. The molecule has 0 saturated carbocycles. The van der Waals surface area contributed by atoms with Crippen molar-refractivity contribution >= 4 is 23.2 Å². The first-order valence-corrected chi connectivity index (χ1v) is 10.9. The molecular formula is C25H25Cl2NO2. The van der Waals surface area contributed by atoms with Crippen molar-refractivity contribution in [3.8, 4) is 11.1 Å². The van der Waals surface area contributed by atoms with E-state index in [4.69, 9.17) is 27.9 Å². The van der Waals surface area contributed by atoms with Gasteiger partial charge in [-0.3, -0.25) is 4.90 Å². The first kappa shape index (κ1) is 21.4. The summed E-state index contributed by atoms with van der Waals surface area (Å²) < 4.78 is 6.06. The topological polar surface area (TPSA) is 32.7 Å². The molecule has 0 radical (unpaired) electrons. The van der Waals surface area contributed by atoms with E-state index in [1.54, 1.807) is 0 Å². The van der Waals surface area contributed by atoms with Gasteiger partial charge < -0.3 is 9.84 Å². The second kappa shape index (κ2) is 9.09. The van der Waals surface area contributed by atoms with E-state index < -0.39 is 5.60 Å². The smallest absolute Gasteiger partial charge is 0.115 e. The Morgan fingerprint density at radius 2 is 1.63 bits per heavy atom. The molecular weight excluding hydrogens is 417 g/mol. The van der Waals surface area contributed by atoms with E-state index in [9.17, 15) is 5.11 Å². The molecule has 30 heavy (non-hydrogen) atoms. The Hall–Kier alpha value is -1.88. The predicted octanol–water partition coefficient (Wildman–Crippen LogP) is 5.77. The largest absolute Gasteiger partial charge is 0.383 e. The van der Waals surface area contributed by atoms with Crippen LogP contribution in [0.1, 0.15) is 18.1 Å². The quantitative estimate of drug-likeness (QED) is 0.545. The minimum absolute atomic E-state index is 0.377. The molecule has 156 valence electrons. The number of halogens is 2. The third-order valence-corrected chi connectivity index (χ3v) is 6.36. The van der Waals surface area contributed by atoms with E-state index in [-0.39, 0.29) is 6.10 Å². The summed E-state index contributed by atoms with van der Waals surface area (Å²) >= 11 is 13.0. The van der Waals surface area contributed by atoms with Crippen molar-refractivity contribution in [1.82, 2.24) is 4.90 Å². The van der Waals surface area contributed by atoms with E-state index in [1.165, 1.54) is 5.56 Å². The lowest BCUT2D eigenvalue weighted by atomic mass is 9.83. The summed E-state index contributed by atoms with van der Waals surface area (Å²) in [7, 11) is 0. The van der Waals surface area contributed by atoms with Crippen LogP contribution < -0.4 is 0 Å². The van der Waals surface area contributed by atoms with Gasteiger partial charge >= 0.3 is 0 Å². The van der Waals surface area contributed by atoms with Crippen molar-refractivity contribution in [2.24, 2.45) is 0 Å². The highest BCUT2D eigenvalue weighted by Gasteiger charge is 2.39. The van der Waals surface area contributed by atoms with E-state index >= 15 is 0 Å². The van der Waals surface area contributed by atoms with Gasteiger partial charge in [-0.25, -0.2) is 0 Å². The molecule has 5 heteroatoms. The van der Waals surface area contributed by atoms with E-state index in [0.717, 1.165) is 29.8 Å². The number of ether oxygens (including phenoxy) is 1. The van der Waals surface area contributed by atoms with Crippen LogP contribution in [0.3, 0.4) is 0 Å². The minimum Gasteiger partial charge on any atom is -0.383 e. The van der Waals surface area contributed by atoms with Gasteiger partial charge in [0.15, 0.2) is 0 Å². The Bertz CT molecular complexity index is 987. The summed E-state index contributed by atoms with van der Waals surface area (Å²) in [6.07, 6.45) is -0.377. The van der Waals surface area contributed by atoms with Crippen molar-refractivity contribution in [3.63, 3.8) is 0 Å². The van der Waals surface area contributed by atoms with Gasteiger partial charge in [-0.05, 0) is 35.7 Å². The lowest BCUT2D eigenvalue weighted by Crippen LogP contribution is -2.51. The molecule has 2 unspecified atom stereocenters. The number of aliphatic hydroxyl groups is 1. The highest BCUT2D eigenvalue weighted by molar-refractivity contribution is 6.39. The SMILES string of the molecule is CC(O)(c1ccccc1-c1c(Cl)cccc1Cl)C1CN(Cc2ccccc2)CCO1. The van der Waals surface area contributed by atoms with Crippen molar-refractivity contribution < 1.29 is 9.84 Å². The summed E-state index contributed by atoms with van der Waals surface area (Å²) in [5, 5.41) is 12.8. The zero-order valence-electron chi connectivity index (χ0n) is 16.9. The first-order chi connectivity index (χ1) is 14.5. The molecule has 2 atom stereocenters. The molecule has 1 aliphatic heterocycles. The normalized spacial score (nSPS) is 19.4. The highest BCUT2D eigenvalue weighted by Crippen LogP contribution is 2.41. The number of hydrogen-bond donors (Lipinski definition) is 1. The van der Waals surface area contributed by atoms with E-state index in [0.29, 0.717) is 23.2 Å². The Labute approximate surface area is 187 Å². The van der Waals surface area contributed by atoms with Gasteiger partial charge in [-0.2, -0.15) is 0 Å². The van der Waals surface area contributed by atoms with Gasteiger partial charge in [0, 0.05) is 35.2 Å². The molecule has 1 N–H and O–H groups in total. The van der Waals surface area contributed by atoms with Crippen molar-refractivity contribution in [2.45, 2.75) is 25.2 Å². The maximum absolute atomic E-state index is 11.7. The molecule has 3 aromatic carbocycles.